The number of hydrogen-bond acceptors (Lipinski definition) is 5. The Bertz CT molecular complexity index is 1180. The fraction of sp³-hybridized carbons (Fsp3) is 0.192. The number of amides is 3. The SMILES string of the molecule is CCCOc1ccc(OCC(=O)Nc2ccc(C(=O)N3CC(=O)Nc4ccccc43)cc2)cc1. The van der Waals surface area contributed by atoms with Crippen LogP contribution in [0.5, 0.6) is 11.5 Å². The van der Waals surface area contributed by atoms with Crippen molar-refractivity contribution in [3.05, 3.63) is 78.4 Å². The van der Waals surface area contributed by atoms with Gasteiger partial charge in [-0.3, -0.25) is 19.3 Å². The van der Waals surface area contributed by atoms with Crippen LogP contribution in [0.4, 0.5) is 17.1 Å². The highest BCUT2D eigenvalue weighted by Crippen LogP contribution is 2.30. The first kappa shape index (κ1) is 22.8. The normalized spacial score (nSPS) is 12.4. The van der Waals surface area contributed by atoms with Gasteiger partial charge in [0, 0.05) is 11.3 Å². The quantitative estimate of drug-likeness (QED) is 0.529. The predicted molar refractivity (Wildman–Crippen MR) is 130 cm³/mol. The van der Waals surface area contributed by atoms with Crippen LogP contribution < -0.4 is 25.0 Å². The summed E-state index contributed by atoms with van der Waals surface area (Å²) in [6.07, 6.45) is 0.928. The molecule has 1 aliphatic heterocycles. The van der Waals surface area contributed by atoms with Gasteiger partial charge in [-0.1, -0.05) is 19.1 Å². The third kappa shape index (κ3) is 5.53. The van der Waals surface area contributed by atoms with Gasteiger partial charge in [0.15, 0.2) is 6.61 Å². The second kappa shape index (κ2) is 10.5. The van der Waals surface area contributed by atoms with E-state index in [9.17, 15) is 14.4 Å². The van der Waals surface area contributed by atoms with Gasteiger partial charge in [-0.05, 0) is 67.1 Å². The molecule has 0 aromatic heterocycles. The standard InChI is InChI=1S/C26H25N3O5/c1-2-15-33-20-11-13-21(14-12-20)34-17-25(31)27-19-9-7-18(8-10-19)26(32)29-16-24(30)28-22-5-3-4-6-23(22)29/h3-14H,2,15-17H2,1H3,(H,27,31)(H,28,30). The van der Waals surface area contributed by atoms with E-state index in [0.29, 0.717) is 35.0 Å². The summed E-state index contributed by atoms with van der Waals surface area (Å²) < 4.78 is 11.0. The minimum atomic E-state index is -0.327. The molecule has 1 heterocycles. The molecule has 0 atom stereocenters. The Morgan fingerprint density at radius 1 is 0.941 bits per heavy atom. The number of ether oxygens (including phenoxy) is 2. The van der Waals surface area contributed by atoms with Crippen molar-refractivity contribution in [1.82, 2.24) is 0 Å². The lowest BCUT2D eigenvalue weighted by molar-refractivity contribution is -0.118. The average Bonchev–Trinajstić information content (AvgIpc) is 2.86. The molecular formula is C26H25N3O5. The minimum absolute atomic E-state index is 0.0582. The summed E-state index contributed by atoms with van der Waals surface area (Å²) in [7, 11) is 0. The highest BCUT2D eigenvalue weighted by Gasteiger charge is 2.27. The zero-order valence-electron chi connectivity index (χ0n) is 18.7. The summed E-state index contributed by atoms with van der Waals surface area (Å²) in [5.41, 5.74) is 2.18. The summed E-state index contributed by atoms with van der Waals surface area (Å²) in [5.74, 6) is 0.439. The number of hydrogen-bond donors (Lipinski definition) is 2. The van der Waals surface area contributed by atoms with E-state index >= 15 is 0 Å². The van der Waals surface area contributed by atoms with Crippen molar-refractivity contribution in [3.8, 4) is 11.5 Å². The van der Waals surface area contributed by atoms with E-state index in [1.54, 1.807) is 66.7 Å². The molecule has 0 unspecified atom stereocenters. The molecule has 4 rings (SSSR count). The topological polar surface area (TPSA) is 97.0 Å². The zero-order chi connectivity index (χ0) is 23.9. The third-order valence-corrected chi connectivity index (χ3v) is 5.10. The molecular weight excluding hydrogens is 434 g/mol. The molecule has 0 saturated carbocycles. The maximum absolute atomic E-state index is 13.0. The second-order valence-corrected chi connectivity index (χ2v) is 7.69. The Hall–Kier alpha value is -4.33. The molecule has 174 valence electrons. The zero-order valence-corrected chi connectivity index (χ0v) is 18.7. The number of benzene rings is 3. The number of nitrogens with zero attached hydrogens (tertiary/aromatic N) is 1. The first-order valence-corrected chi connectivity index (χ1v) is 11.0. The van der Waals surface area contributed by atoms with E-state index in [-0.39, 0.29) is 30.9 Å². The first-order chi connectivity index (χ1) is 16.5. The van der Waals surface area contributed by atoms with Crippen LogP contribution in [-0.4, -0.2) is 37.5 Å². The van der Waals surface area contributed by atoms with E-state index in [2.05, 4.69) is 10.6 Å². The number of nitrogens with one attached hydrogen (secondary N) is 2. The van der Waals surface area contributed by atoms with Gasteiger partial charge in [-0.2, -0.15) is 0 Å². The lowest BCUT2D eigenvalue weighted by Crippen LogP contribution is -2.42. The van der Waals surface area contributed by atoms with Gasteiger partial charge in [0.25, 0.3) is 11.8 Å². The maximum Gasteiger partial charge on any atom is 0.262 e. The van der Waals surface area contributed by atoms with Crippen molar-refractivity contribution >= 4 is 34.8 Å². The van der Waals surface area contributed by atoms with Crippen LogP contribution in [0.1, 0.15) is 23.7 Å². The summed E-state index contributed by atoms with van der Waals surface area (Å²) in [5, 5.41) is 5.51. The Labute approximate surface area is 197 Å². The predicted octanol–water partition coefficient (Wildman–Crippen LogP) is 4.09. The van der Waals surface area contributed by atoms with Crippen LogP contribution in [-0.2, 0) is 9.59 Å². The summed E-state index contributed by atoms with van der Waals surface area (Å²) in [4.78, 5) is 38.7. The van der Waals surface area contributed by atoms with E-state index in [1.165, 1.54) is 4.90 Å². The molecule has 0 aliphatic carbocycles. The molecule has 0 saturated heterocycles. The van der Waals surface area contributed by atoms with E-state index in [4.69, 9.17) is 9.47 Å². The van der Waals surface area contributed by atoms with Crippen LogP contribution in [0.3, 0.4) is 0 Å². The Kier molecular flexibility index (Phi) is 7.07. The fourth-order valence-corrected chi connectivity index (χ4v) is 3.46. The Balaban J connectivity index is 1.32. The fourth-order valence-electron chi connectivity index (χ4n) is 3.46. The lowest BCUT2D eigenvalue weighted by atomic mass is 10.1. The van der Waals surface area contributed by atoms with Crippen molar-refractivity contribution in [1.29, 1.82) is 0 Å². The van der Waals surface area contributed by atoms with Crippen LogP contribution in [0.2, 0.25) is 0 Å². The van der Waals surface area contributed by atoms with Gasteiger partial charge in [-0.25, -0.2) is 0 Å². The van der Waals surface area contributed by atoms with Gasteiger partial charge >= 0.3 is 0 Å². The third-order valence-electron chi connectivity index (χ3n) is 5.10. The van der Waals surface area contributed by atoms with Crippen molar-refractivity contribution in [2.24, 2.45) is 0 Å². The Morgan fingerprint density at radius 2 is 1.62 bits per heavy atom. The molecule has 1 aliphatic rings. The van der Waals surface area contributed by atoms with Crippen molar-refractivity contribution < 1.29 is 23.9 Å². The van der Waals surface area contributed by atoms with Crippen molar-refractivity contribution in [2.45, 2.75) is 13.3 Å². The highest BCUT2D eigenvalue weighted by molar-refractivity contribution is 6.15. The average molecular weight is 460 g/mol. The monoisotopic (exact) mass is 459 g/mol. The van der Waals surface area contributed by atoms with Crippen molar-refractivity contribution in [2.75, 3.05) is 35.3 Å². The van der Waals surface area contributed by atoms with E-state index in [0.717, 1.165) is 12.2 Å². The molecule has 8 nitrogen and oxygen atoms in total. The summed E-state index contributed by atoms with van der Waals surface area (Å²) in [6, 6.07) is 20.7. The van der Waals surface area contributed by atoms with Gasteiger partial charge in [0.05, 0.1) is 18.0 Å². The molecule has 3 aromatic carbocycles. The van der Waals surface area contributed by atoms with Crippen LogP contribution >= 0.6 is 0 Å². The van der Waals surface area contributed by atoms with Gasteiger partial charge < -0.3 is 20.1 Å². The van der Waals surface area contributed by atoms with Crippen molar-refractivity contribution in [3.63, 3.8) is 0 Å². The highest BCUT2D eigenvalue weighted by atomic mass is 16.5. The van der Waals surface area contributed by atoms with Gasteiger partial charge in [0.1, 0.15) is 18.0 Å². The molecule has 0 fully saturated rings. The number of carbonyl (C=O) groups is 3. The van der Waals surface area contributed by atoms with Crippen LogP contribution in [0.25, 0.3) is 0 Å². The molecule has 0 spiro atoms. The number of carbonyl (C=O) groups excluding carboxylic acids is 3. The second-order valence-electron chi connectivity index (χ2n) is 7.69. The largest absolute Gasteiger partial charge is 0.494 e. The van der Waals surface area contributed by atoms with E-state index < -0.39 is 0 Å². The Morgan fingerprint density at radius 3 is 2.32 bits per heavy atom. The smallest absolute Gasteiger partial charge is 0.262 e. The molecule has 3 amide bonds. The summed E-state index contributed by atoms with van der Waals surface area (Å²) in [6.45, 7) is 2.47. The lowest BCUT2D eigenvalue weighted by Gasteiger charge is -2.29. The minimum Gasteiger partial charge on any atom is -0.494 e. The molecule has 8 heteroatoms. The number of rotatable bonds is 8. The van der Waals surface area contributed by atoms with Gasteiger partial charge in [-0.15, -0.1) is 0 Å². The molecule has 0 radical (unpaired) electrons. The molecule has 0 bridgehead atoms. The number of fused-ring (bicyclic) bond motifs is 1. The molecule has 2 N–H and O–H groups in total. The summed E-state index contributed by atoms with van der Waals surface area (Å²) >= 11 is 0. The number of anilines is 3. The molecule has 34 heavy (non-hydrogen) atoms. The van der Waals surface area contributed by atoms with Crippen LogP contribution in [0, 0.1) is 0 Å². The van der Waals surface area contributed by atoms with E-state index in [1.807, 2.05) is 13.0 Å². The maximum atomic E-state index is 13.0. The first-order valence-electron chi connectivity index (χ1n) is 11.0. The number of para-hydroxylation sites is 2. The van der Waals surface area contributed by atoms with Gasteiger partial charge in [0.2, 0.25) is 5.91 Å². The van der Waals surface area contributed by atoms with Crippen LogP contribution in [0.15, 0.2) is 72.8 Å². The molecule has 3 aromatic rings.